The minimum absolute atomic E-state index is 0.0568. The third-order valence-corrected chi connectivity index (χ3v) is 9.94. The Labute approximate surface area is 310 Å². The van der Waals surface area contributed by atoms with E-state index < -0.39 is 11.7 Å². The van der Waals surface area contributed by atoms with Crippen LogP contribution in [0.1, 0.15) is 70.4 Å². The number of benzene rings is 2. The van der Waals surface area contributed by atoms with Gasteiger partial charge in [0, 0.05) is 55.4 Å². The van der Waals surface area contributed by atoms with Gasteiger partial charge in [0.2, 0.25) is 0 Å². The number of ether oxygens (including phenoxy) is 6. The monoisotopic (exact) mass is 732 g/mol. The Morgan fingerprint density at radius 3 is 2.04 bits per heavy atom. The normalized spacial score (nSPS) is 19.0. The maximum Gasteiger partial charge on any atom is 0.410 e. The van der Waals surface area contributed by atoms with Crippen LogP contribution in [0.3, 0.4) is 0 Å². The van der Waals surface area contributed by atoms with E-state index in [1.807, 2.05) is 64.1 Å². The molecular weight excluding hydrogens is 680 g/mol. The van der Waals surface area contributed by atoms with Gasteiger partial charge in [-0.05, 0) is 70.2 Å². The first-order valence-electron chi connectivity index (χ1n) is 18.1. The number of aromatic nitrogens is 4. The second kappa shape index (κ2) is 15.6. The van der Waals surface area contributed by atoms with Crippen molar-refractivity contribution in [3.63, 3.8) is 0 Å². The smallest absolute Gasteiger partial charge is 0.410 e. The summed E-state index contributed by atoms with van der Waals surface area (Å²) in [5, 5.41) is 16.7. The molecule has 14 nitrogen and oxygen atoms in total. The molecule has 2 fully saturated rings. The van der Waals surface area contributed by atoms with Crippen molar-refractivity contribution < 1.29 is 38.3 Å². The first kappa shape index (κ1) is 37.8. The highest BCUT2D eigenvalue weighted by atomic mass is 16.6. The van der Waals surface area contributed by atoms with E-state index >= 15 is 0 Å². The third-order valence-electron chi connectivity index (χ3n) is 9.94. The lowest BCUT2D eigenvalue weighted by Crippen LogP contribution is -2.37. The Hall–Kier alpha value is -4.98. The van der Waals surface area contributed by atoms with Crippen molar-refractivity contribution in [2.45, 2.75) is 78.4 Å². The van der Waals surface area contributed by atoms with Crippen molar-refractivity contribution in [2.24, 2.45) is 17.8 Å². The van der Waals surface area contributed by atoms with Crippen LogP contribution < -0.4 is 28.6 Å². The number of aliphatic hydroxyl groups is 1. The summed E-state index contributed by atoms with van der Waals surface area (Å²) in [6, 6.07) is 11.6. The Morgan fingerprint density at radius 1 is 0.943 bits per heavy atom. The van der Waals surface area contributed by atoms with E-state index in [0.717, 1.165) is 24.0 Å². The van der Waals surface area contributed by atoms with Crippen LogP contribution in [-0.2, 0) is 17.8 Å². The van der Waals surface area contributed by atoms with Crippen LogP contribution in [0.4, 0.5) is 10.6 Å². The zero-order chi connectivity index (χ0) is 38.0. The van der Waals surface area contributed by atoms with Gasteiger partial charge in [-0.25, -0.2) is 14.3 Å². The van der Waals surface area contributed by atoms with Gasteiger partial charge in [-0.3, -0.25) is 0 Å². The average molecular weight is 733 g/mol. The molecule has 0 bridgehead atoms. The number of carbonyl (C=O) groups excluding carboxylic acids is 1. The zero-order valence-corrected chi connectivity index (χ0v) is 32.2. The molecule has 1 unspecified atom stereocenters. The quantitative estimate of drug-likeness (QED) is 0.151. The molecule has 5 atom stereocenters. The lowest BCUT2D eigenvalue weighted by atomic mass is 10.1. The number of fused-ring (bicyclic) bond motifs is 2. The number of piperidine rings is 1. The number of hydrogen-bond acceptors (Lipinski definition) is 12. The number of carbonyl (C=O) groups is 1. The van der Waals surface area contributed by atoms with Gasteiger partial charge in [0.25, 0.3) is 0 Å². The SMILES string of the molecule is CCC[C@H](C)Oc1nc(N(Cc2ccc(OC)cc2OC)Cc2ccc(OC)cc2OC)c2ncc([C@@H](O)C3[C@H]4CN(C(=O)OC(C)(C)C)C[C@@H]34)n2n1. The highest BCUT2D eigenvalue weighted by Crippen LogP contribution is 2.57. The molecule has 2 aliphatic rings. The van der Waals surface area contributed by atoms with E-state index in [1.165, 1.54) is 0 Å². The zero-order valence-electron chi connectivity index (χ0n) is 32.2. The van der Waals surface area contributed by atoms with Gasteiger partial charge in [0.1, 0.15) is 34.7 Å². The van der Waals surface area contributed by atoms with Gasteiger partial charge >= 0.3 is 12.1 Å². The predicted molar refractivity (Wildman–Crippen MR) is 198 cm³/mol. The molecule has 1 aliphatic heterocycles. The second-order valence-electron chi connectivity index (χ2n) is 14.8. The molecule has 53 heavy (non-hydrogen) atoms. The van der Waals surface area contributed by atoms with Crippen LogP contribution >= 0.6 is 0 Å². The first-order valence-corrected chi connectivity index (χ1v) is 18.1. The van der Waals surface area contributed by atoms with Gasteiger partial charge in [0.05, 0.1) is 46.4 Å². The number of rotatable bonds is 15. The number of amides is 1. The van der Waals surface area contributed by atoms with E-state index in [0.29, 0.717) is 66.3 Å². The van der Waals surface area contributed by atoms with Crippen LogP contribution in [0.5, 0.6) is 29.0 Å². The molecule has 1 saturated carbocycles. The lowest BCUT2D eigenvalue weighted by molar-refractivity contribution is 0.0239. The molecule has 0 radical (unpaired) electrons. The van der Waals surface area contributed by atoms with Gasteiger partial charge in [-0.15, -0.1) is 5.10 Å². The molecule has 4 aromatic rings. The Morgan fingerprint density at radius 2 is 1.53 bits per heavy atom. The van der Waals surface area contributed by atoms with E-state index in [2.05, 4.69) is 11.8 Å². The van der Waals surface area contributed by atoms with Crippen molar-refractivity contribution in [1.29, 1.82) is 0 Å². The number of imidazole rings is 1. The molecule has 14 heteroatoms. The minimum Gasteiger partial charge on any atom is -0.497 e. The van der Waals surface area contributed by atoms with Crippen molar-refractivity contribution in [2.75, 3.05) is 46.4 Å². The van der Waals surface area contributed by atoms with Crippen molar-refractivity contribution in [3.05, 3.63) is 59.4 Å². The fourth-order valence-corrected chi connectivity index (χ4v) is 7.27. The van der Waals surface area contributed by atoms with Crippen LogP contribution in [0.15, 0.2) is 42.6 Å². The number of nitrogens with zero attached hydrogens (tertiary/aromatic N) is 6. The highest BCUT2D eigenvalue weighted by Gasteiger charge is 2.60. The molecule has 6 rings (SSSR count). The number of anilines is 1. The number of methoxy groups -OCH3 is 4. The van der Waals surface area contributed by atoms with Crippen LogP contribution in [-0.4, -0.2) is 88.9 Å². The molecule has 2 aromatic carbocycles. The standard InChI is InChI=1S/C39H52N6O8/c1-10-11-23(2)52-37-41-36(35-40-18-30(45(35)42-37)34(46)33-28-21-44(22-29(28)33)38(47)53-39(3,4)5)43(19-24-12-14-26(48-6)16-31(24)50-8)20-25-13-15-27(49-7)17-32(25)51-9/h12-18,23,28-29,33-34,46H,10-11,19-22H2,1-9H3/t23-,28-,29+,33?,34+/m0/s1. The summed E-state index contributed by atoms with van der Waals surface area (Å²) < 4.78 is 36.1. The molecule has 0 spiro atoms. The fourth-order valence-electron chi connectivity index (χ4n) is 7.27. The van der Waals surface area contributed by atoms with Crippen LogP contribution in [0, 0.1) is 17.8 Å². The third kappa shape index (κ3) is 8.17. The fraction of sp³-hybridized carbons (Fsp3) is 0.538. The number of hydrogen-bond donors (Lipinski definition) is 1. The summed E-state index contributed by atoms with van der Waals surface area (Å²) in [4.78, 5) is 26.4. The van der Waals surface area contributed by atoms with Crippen LogP contribution in [0.25, 0.3) is 5.65 Å². The molecule has 1 saturated heterocycles. The summed E-state index contributed by atoms with van der Waals surface area (Å²) in [5.41, 5.74) is 2.17. The maximum absolute atomic E-state index is 12.8. The Bertz CT molecular complexity index is 1840. The topological polar surface area (TPSA) is 142 Å². The largest absolute Gasteiger partial charge is 0.497 e. The predicted octanol–water partition coefficient (Wildman–Crippen LogP) is 6.08. The molecular formula is C39H52N6O8. The van der Waals surface area contributed by atoms with Crippen molar-refractivity contribution in [3.8, 4) is 29.0 Å². The summed E-state index contributed by atoms with van der Waals surface area (Å²) in [5.74, 6) is 3.37. The lowest BCUT2D eigenvalue weighted by Gasteiger charge is -2.27. The molecule has 1 N–H and O–H groups in total. The van der Waals surface area contributed by atoms with Crippen molar-refractivity contribution >= 4 is 17.6 Å². The summed E-state index contributed by atoms with van der Waals surface area (Å²) >= 11 is 0. The van der Waals surface area contributed by atoms with Crippen LogP contribution in [0.2, 0.25) is 0 Å². The Kier molecular flexibility index (Phi) is 11.1. The number of likely N-dealkylation sites (tertiary alicyclic amines) is 1. The molecule has 286 valence electrons. The second-order valence-corrected chi connectivity index (χ2v) is 14.8. The molecule has 3 heterocycles. The van der Waals surface area contributed by atoms with E-state index in [9.17, 15) is 9.90 Å². The summed E-state index contributed by atoms with van der Waals surface area (Å²) in [6.07, 6.45) is 2.05. The summed E-state index contributed by atoms with van der Waals surface area (Å²) in [7, 11) is 6.49. The van der Waals surface area contributed by atoms with Gasteiger partial charge in [0.15, 0.2) is 11.5 Å². The van der Waals surface area contributed by atoms with E-state index in [-0.39, 0.29) is 36.0 Å². The number of aliphatic hydroxyl groups excluding tert-OH is 1. The average Bonchev–Trinajstić information content (AvgIpc) is 3.40. The molecule has 1 aliphatic carbocycles. The van der Waals surface area contributed by atoms with Gasteiger partial charge in [-0.2, -0.15) is 4.98 Å². The highest BCUT2D eigenvalue weighted by molar-refractivity contribution is 5.69. The maximum atomic E-state index is 12.8. The first-order chi connectivity index (χ1) is 25.4. The van der Waals surface area contributed by atoms with Gasteiger partial charge in [-0.1, -0.05) is 13.3 Å². The summed E-state index contributed by atoms with van der Waals surface area (Å²) in [6.45, 7) is 11.4. The minimum atomic E-state index is -0.874. The van der Waals surface area contributed by atoms with E-state index in [1.54, 1.807) is 44.1 Å². The Balaban J connectivity index is 1.40. The molecule has 1 amide bonds. The van der Waals surface area contributed by atoms with Gasteiger partial charge < -0.3 is 43.3 Å². The van der Waals surface area contributed by atoms with E-state index in [4.69, 9.17) is 43.5 Å². The molecule has 2 aromatic heterocycles. The van der Waals surface area contributed by atoms with Crippen molar-refractivity contribution in [1.82, 2.24) is 24.5 Å².